The number of nitrogens with one attached hydrogen (secondary N) is 1. The van der Waals surface area contributed by atoms with E-state index in [4.69, 9.17) is 14.5 Å². The normalized spacial score (nSPS) is 17.3. The number of aromatic nitrogens is 1. The lowest BCUT2D eigenvalue weighted by atomic mass is 9.75. The third-order valence-corrected chi connectivity index (χ3v) is 7.36. The van der Waals surface area contributed by atoms with Crippen LogP contribution >= 0.6 is 11.3 Å². The molecule has 0 radical (unpaired) electrons. The Kier molecular flexibility index (Phi) is 8.18. The SMILES string of the molecule is CCOC(=O)C1=C(C)N=C(C)C(C(=O)OCC)C1c1ccccc1Nc1nc(C)c(-c2ccccc2)s1. The number of anilines is 2. The number of carbonyl (C=O) groups is 2. The Labute approximate surface area is 221 Å². The Bertz CT molecular complexity index is 1360. The van der Waals surface area contributed by atoms with Crippen molar-refractivity contribution < 1.29 is 19.1 Å². The highest BCUT2D eigenvalue weighted by Gasteiger charge is 2.43. The lowest BCUT2D eigenvalue weighted by molar-refractivity contribution is -0.146. The van der Waals surface area contributed by atoms with Crippen molar-refractivity contribution in [2.45, 2.75) is 40.5 Å². The molecule has 192 valence electrons. The first-order chi connectivity index (χ1) is 17.8. The summed E-state index contributed by atoms with van der Waals surface area (Å²) in [5, 5.41) is 4.17. The van der Waals surface area contributed by atoms with E-state index in [1.165, 1.54) is 0 Å². The molecule has 0 fully saturated rings. The van der Waals surface area contributed by atoms with Gasteiger partial charge in [-0.25, -0.2) is 9.78 Å². The maximum Gasteiger partial charge on any atom is 0.336 e. The van der Waals surface area contributed by atoms with Crippen molar-refractivity contribution in [2.24, 2.45) is 10.9 Å². The first-order valence-electron chi connectivity index (χ1n) is 12.3. The fourth-order valence-electron chi connectivity index (χ4n) is 4.69. The van der Waals surface area contributed by atoms with Gasteiger partial charge in [0.1, 0.15) is 5.92 Å². The Morgan fingerprint density at radius 3 is 2.32 bits per heavy atom. The van der Waals surface area contributed by atoms with E-state index in [1.807, 2.05) is 49.4 Å². The van der Waals surface area contributed by atoms with E-state index in [1.54, 1.807) is 39.0 Å². The second kappa shape index (κ2) is 11.5. The molecule has 0 amide bonds. The van der Waals surface area contributed by atoms with Crippen LogP contribution in [0.15, 0.2) is 70.9 Å². The Hall–Kier alpha value is -3.78. The summed E-state index contributed by atoms with van der Waals surface area (Å²) < 4.78 is 10.8. The second-order valence-electron chi connectivity index (χ2n) is 8.69. The van der Waals surface area contributed by atoms with Crippen LogP contribution < -0.4 is 5.32 Å². The van der Waals surface area contributed by atoms with Crippen LogP contribution in [0.1, 0.15) is 44.9 Å². The summed E-state index contributed by atoms with van der Waals surface area (Å²) in [7, 11) is 0. The standard InChI is InChI=1S/C29H31N3O4S/c1-6-35-27(33)23-17(3)30-18(4)24(28(34)36-7-2)25(23)21-15-11-12-16-22(21)32-29-31-19(5)26(37-29)20-13-9-8-10-14-20/h8-16,23,25H,6-7H2,1-5H3,(H,31,32). The zero-order valence-corrected chi connectivity index (χ0v) is 22.5. The minimum Gasteiger partial charge on any atom is -0.465 e. The van der Waals surface area contributed by atoms with E-state index < -0.39 is 23.8 Å². The van der Waals surface area contributed by atoms with Gasteiger partial charge in [0.25, 0.3) is 0 Å². The molecule has 0 saturated heterocycles. The molecule has 8 heteroatoms. The van der Waals surface area contributed by atoms with Gasteiger partial charge in [-0.15, -0.1) is 0 Å². The summed E-state index contributed by atoms with van der Waals surface area (Å²) in [5.74, 6) is -2.30. The number of rotatable bonds is 8. The Morgan fingerprint density at radius 2 is 1.62 bits per heavy atom. The number of thiazole rings is 1. The molecule has 3 aromatic rings. The van der Waals surface area contributed by atoms with Gasteiger partial charge < -0.3 is 14.8 Å². The van der Waals surface area contributed by atoms with Crippen LogP contribution in [0, 0.1) is 12.8 Å². The number of ether oxygens (including phenoxy) is 2. The minimum atomic E-state index is -0.760. The van der Waals surface area contributed by atoms with Crippen LogP contribution in [0.3, 0.4) is 0 Å². The highest BCUT2D eigenvalue weighted by molar-refractivity contribution is 7.19. The summed E-state index contributed by atoms with van der Waals surface area (Å²) in [5.41, 5.74) is 5.03. The third-order valence-electron chi connectivity index (χ3n) is 6.23. The fourth-order valence-corrected chi connectivity index (χ4v) is 5.67. The molecule has 4 rings (SSSR count). The first-order valence-corrected chi connectivity index (χ1v) is 13.2. The number of aliphatic imine (C=N–C) groups is 1. The molecule has 1 aliphatic rings. The maximum atomic E-state index is 13.2. The van der Waals surface area contributed by atoms with Gasteiger partial charge in [-0.1, -0.05) is 59.9 Å². The highest BCUT2D eigenvalue weighted by Crippen LogP contribution is 2.44. The average molecular weight is 518 g/mol. The lowest BCUT2D eigenvalue weighted by Crippen LogP contribution is -2.36. The molecule has 0 aliphatic carbocycles. The number of benzene rings is 2. The number of nitrogens with zero attached hydrogens (tertiary/aromatic N) is 2. The van der Waals surface area contributed by atoms with Gasteiger partial charge in [-0.2, -0.15) is 0 Å². The van der Waals surface area contributed by atoms with Crippen LogP contribution in [0.25, 0.3) is 10.4 Å². The number of para-hydroxylation sites is 1. The van der Waals surface area contributed by atoms with E-state index in [0.29, 0.717) is 17.0 Å². The Morgan fingerprint density at radius 1 is 0.946 bits per heavy atom. The van der Waals surface area contributed by atoms with Crippen molar-refractivity contribution in [3.8, 4) is 10.4 Å². The van der Waals surface area contributed by atoms with Gasteiger partial charge >= 0.3 is 11.9 Å². The molecule has 0 bridgehead atoms. The number of allylic oxidation sites excluding steroid dienone is 1. The number of esters is 2. The summed E-state index contributed by atoms with van der Waals surface area (Å²) >= 11 is 1.55. The third kappa shape index (κ3) is 5.49. The van der Waals surface area contributed by atoms with Crippen molar-refractivity contribution >= 4 is 39.8 Å². The smallest absolute Gasteiger partial charge is 0.336 e. The van der Waals surface area contributed by atoms with E-state index in [-0.39, 0.29) is 13.2 Å². The van der Waals surface area contributed by atoms with Crippen LogP contribution in [-0.2, 0) is 19.1 Å². The first kappa shape index (κ1) is 26.3. The monoisotopic (exact) mass is 517 g/mol. The summed E-state index contributed by atoms with van der Waals surface area (Å²) in [6, 6.07) is 17.8. The summed E-state index contributed by atoms with van der Waals surface area (Å²) in [6.07, 6.45) is 0. The molecule has 2 atom stereocenters. The predicted octanol–water partition coefficient (Wildman–Crippen LogP) is 6.44. The molecular formula is C29H31N3O4S. The number of carbonyl (C=O) groups excluding carboxylic acids is 2. The largest absolute Gasteiger partial charge is 0.465 e. The highest BCUT2D eigenvalue weighted by atomic mass is 32.1. The van der Waals surface area contributed by atoms with Gasteiger partial charge in [-0.3, -0.25) is 9.79 Å². The number of hydrogen-bond donors (Lipinski definition) is 1. The van der Waals surface area contributed by atoms with Crippen molar-refractivity contribution in [3.05, 3.63) is 77.1 Å². The van der Waals surface area contributed by atoms with Gasteiger partial charge in [0.05, 0.1) is 29.4 Å². The van der Waals surface area contributed by atoms with Crippen molar-refractivity contribution in [1.29, 1.82) is 0 Å². The molecule has 37 heavy (non-hydrogen) atoms. The van der Waals surface area contributed by atoms with Crippen LogP contribution in [0.4, 0.5) is 10.8 Å². The number of hydrogen-bond acceptors (Lipinski definition) is 8. The summed E-state index contributed by atoms with van der Waals surface area (Å²) in [6.45, 7) is 9.53. The molecule has 1 aliphatic heterocycles. The maximum absolute atomic E-state index is 13.2. The van der Waals surface area contributed by atoms with Crippen molar-refractivity contribution in [2.75, 3.05) is 18.5 Å². The van der Waals surface area contributed by atoms with Crippen molar-refractivity contribution in [3.63, 3.8) is 0 Å². The van der Waals surface area contributed by atoms with E-state index in [2.05, 4.69) is 22.4 Å². The van der Waals surface area contributed by atoms with Crippen molar-refractivity contribution in [1.82, 2.24) is 4.98 Å². The minimum absolute atomic E-state index is 0.218. The predicted molar refractivity (Wildman–Crippen MR) is 147 cm³/mol. The molecule has 1 N–H and O–H groups in total. The topological polar surface area (TPSA) is 89.9 Å². The second-order valence-corrected chi connectivity index (χ2v) is 9.69. The molecule has 2 heterocycles. The van der Waals surface area contributed by atoms with Crippen LogP contribution in [0.5, 0.6) is 0 Å². The van der Waals surface area contributed by atoms with Gasteiger partial charge in [-0.05, 0) is 51.8 Å². The summed E-state index contributed by atoms with van der Waals surface area (Å²) in [4.78, 5) is 36.7. The lowest BCUT2D eigenvalue weighted by Gasteiger charge is -2.32. The molecule has 0 saturated carbocycles. The van der Waals surface area contributed by atoms with Gasteiger partial charge in [0.2, 0.25) is 0 Å². The molecule has 2 unspecified atom stereocenters. The van der Waals surface area contributed by atoms with E-state index >= 15 is 0 Å². The van der Waals surface area contributed by atoms with E-state index in [0.717, 1.165) is 32.5 Å². The zero-order valence-electron chi connectivity index (χ0n) is 21.7. The molecule has 2 aromatic carbocycles. The zero-order chi connectivity index (χ0) is 26.5. The molecule has 1 aromatic heterocycles. The van der Waals surface area contributed by atoms with Crippen LogP contribution in [0.2, 0.25) is 0 Å². The van der Waals surface area contributed by atoms with Gasteiger partial charge in [0, 0.05) is 23.0 Å². The molecule has 7 nitrogen and oxygen atoms in total. The molecule has 0 spiro atoms. The Balaban J connectivity index is 1.80. The quantitative estimate of drug-likeness (QED) is 0.346. The van der Waals surface area contributed by atoms with E-state index in [9.17, 15) is 9.59 Å². The average Bonchev–Trinajstić information content (AvgIpc) is 3.24. The molecular weight excluding hydrogens is 486 g/mol. The van der Waals surface area contributed by atoms with Crippen LogP contribution in [-0.4, -0.2) is 35.8 Å². The fraction of sp³-hybridized carbons (Fsp3) is 0.310. The number of aryl methyl sites for hydroxylation is 1. The van der Waals surface area contributed by atoms with Gasteiger partial charge in [0.15, 0.2) is 5.13 Å².